The highest BCUT2D eigenvalue weighted by Gasteiger charge is 2.51. The van der Waals surface area contributed by atoms with Crippen LogP contribution < -0.4 is 15.5 Å². The lowest BCUT2D eigenvalue weighted by Gasteiger charge is -2.20. The van der Waals surface area contributed by atoms with Gasteiger partial charge in [-0.3, -0.25) is 14.4 Å². The molecule has 3 aliphatic rings. The van der Waals surface area contributed by atoms with Gasteiger partial charge in [-0.15, -0.1) is 0 Å². The quantitative estimate of drug-likeness (QED) is 0.557. The molecule has 1 aromatic heterocycles. The van der Waals surface area contributed by atoms with Crippen LogP contribution in [0, 0.1) is 0 Å². The van der Waals surface area contributed by atoms with Crippen molar-refractivity contribution in [2.45, 2.75) is 37.5 Å². The van der Waals surface area contributed by atoms with Gasteiger partial charge in [-0.05, 0) is 73.2 Å². The third-order valence-corrected chi connectivity index (χ3v) is 7.78. The zero-order valence-corrected chi connectivity index (χ0v) is 20.4. The summed E-state index contributed by atoms with van der Waals surface area (Å²) in [7, 11) is 1.77. The average molecular weight is 479 g/mol. The van der Waals surface area contributed by atoms with E-state index in [1.165, 1.54) is 6.08 Å². The summed E-state index contributed by atoms with van der Waals surface area (Å²) in [5, 5.41) is 5.86. The Bertz CT molecular complexity index is 1510. The Labute approximate surface area is 209 Å². The highest BCUT2D eigenvalue weighted by molar-refractivity contribution is 6.10. The third kappa shape index (κ3) is 3.12. The molecule has 0 fully saturated rings. The predicted molar refractivity (Wildman–Crippen MR) is 139 cm³/mol. The number of carbonyl (C=O) groups excluding carboxylic acids is 3. The first-order chi connectivity index (χ1) is 17.2. The molecule has 2 aromatic carbocycles. The summed E-state index contributed by atoms with van der Waals surface area (Å²) in [4.78, 5) is 44.4. The Hall–Kier alpha value is -4.26. The maximum Gasteiger partial charge on any atom is 0.248 e. The molecular formula is C29H26N4O3. The van der Waals surface area contributed by atoms with Crippen molar-refractivity contribution in [3.63, 3.8) is 0 Å². The van der Waals surface area contributed by atoms with Crippen LogP contribution in [0.3, 0.4) is 0 Å². The van der Waals surface area contributed by atoms with E-state index < -0.39 is 10.8 Å². The summed E-state index contributed by atoms with van der Waals surface area (Å²) in [5.74, 6) is 0.382. The van der Waals surface area contributed by atoms with Gasteiger partial charge in [-0.2, -0.15) is 0 Å². The molecule has 1 spiro atoms. The van der Waals surface area contributed by atoms with Gasteiger partial charge >= 0.3 is 0 Å². The van der Waals surface area contributed by atoms with Gasteiger partial charge in [0.15, 0.2) is 0 Å². The van der Waals surface area contributed by atoms with Crippen molar-refractivity contribution in [3.05, 3.63) is 88.6 Å². The largest absolute Gasteiger partial charge is 0.323 e. The van der Waals surface area contributed by atoms with Gasteiger partial charge in [0.1, 0.15) is 5.82 Å². The molecule has 7 nitrogen and oxygen atoms in total. The van der Waals surface area contributed by atoms with Gasteiger partial charge in [0.05, 0.1) is 16.5 Å². The third-order valence-electron chi connectivity index (χ3n) is 7.78. The minimum absolute atomic E-state index is 0.0251. The zero-order chi connectivity index (χ0) is 25.2. The molecule has 3 amide bonds. The van der Waals surface area contributed by atoms with Crippen LogP contribution in [-0.2, 0) is 38.1 Å². The summed E-state index contributed by atoms with van der Waals surface area (Å²) in [6.45, 7) is 3.83. The molecule has 0 saturated heterocycles. The second-order valence-electron chi connectivity index (χ2n) is 10.3. The normalized spacial score (nSPS) is 21.0. The fourth-order valence-corrected chi connectivity index (χ4v) is 5.90. The number of aromatic nitrogens is 1. The van der Waals surface area contributed by atoms with Crippen LogP contribution in [0.15, 0.2) is 60.8 Å². The number of fused-ring (bicyclic) bond motifs is 4. The lowest BCUT2D eigenvalue weighted by atomic mass is 9.79. The van der Waals surface area contributed by atoms with E-state index in [9.17, 15) is 14.4 Å². The molecule has 2 N–H and O–H groups in total. The van der Waals surface area contributed by atoms with Crippen LogP contribution in [0.25, 0.3) is 6.08 Å². The SMILES string of the molecule is CN1C(=O)C(C)(C)c2cccc(C=CC(=O)Nc3ccc4c(c3)CC3(C4)C(=O)Nc4ncccc43)c21. The fourth-order valence-electron chi connectivity index (χ4n) is 5.90. The molecule has 3 aromatic rings. The van der Waals surface area contributed by atoms with Gasteiger partial charge in [-0.1, -0.05) is 30.3 Å². The Morgan fingerprint density at radius 2 is 1.83 bits per heavy atom. The summed E-state index contributed by atoms with van der Waals surface area (Å²) < 4.78 is 0. The number of para-hydroxylation sites is 1. The molecule has 6 rings (SSSR count). The highest BCUT2D eigenvalue weighted by atomic mass is 16.2. The average Bonchev–Trinajstić information content (AvgIpc) is 3.43. The number of benzene rings is 2. The molecule has 180 valence electrons. The number of anilines is 3. The molecule has 3 heterocycles. The molecule has 0 saturated carbocycles. The van der Waals surface area contributed by atoms with E-state index in [0.717, 1.165) is 33.5 Å². The number of pyridine rings is 1. The first kappa shape index (κ1) is 22.2. The second-order valence-corrected chi connectivity index (χ2v) is 10.3. The van der Waals surface area contributed by atoms with Crippen molar-refractivity contribution in [3.8, 4) is 0 Å². The Morgan fingerprint density at radius 1 is 1.06 bits per heavy atom. The first-order valence-corrected chi connectivity index (χ1v) is 12.0. The lowest BCUT2D eigenvalue weighted by Crippen LogP contribution is -2.35. The highest BCUT2D eigenvalue weighted by Crippen LogP contribution is 2.47. The topological polar surface area (TPSA) is 91.4 Å². The number of carbonyl (C=O) groups is 3. The Kier molecular flexibility index (Phi) is 4.70. The van der Waals surface area contributed by atoms with Gasteiger partial charge in [-0.25, -0.2) is 4.98 Å². The van der Waals surface area contributed by atoms with Crippen LogP contribution in [-0.4, -0.2) is 29.8 Å². The van der Waals surface area contributed by atoms with Crippen molar-refractivity contribution in [1.82, 2.24) is 4.98 Å². The molecule has 1 unspecified atom stereocenters. The molecule has 1 atom stereocenters. The Balaban J connectivity index is 1.21. The molecule has 1 aliphatic carbocycles. The van der Waals surface area contributed by atoms with Crippen LogP contribution >= 0.6 is 0 Å². The molecule has 0 radical (unpaired) electrons. The van der Waals surface area contributed by atoms with E-state index in [1.807, 2.05) is 62.4 Å². The number of nitrogens with one attached hydrogen (secondary N) is 2. The predicted octanol–water partition coefficient (Wildman–Crippen LogP) is 3.98. The van der Waals surface area contributed by atoms with E-state index in [1.54, 1.807) is 24.2 Å². The molecule has 2 aliphatic heterocycles. The van der Waals surface area contributed by atoms with Crippen LogP contribution in [0.5, 0.6) is 0 Å². The van der Waals surface area contributed by atoms with Crippen molar-refractivity contribution in [2.24, 2.45) is 0 Å². The van der Waals surface area contributed by atoms with Crippen LogP contribution in [0.4, 0.5) is 17.2 Å². The van der Waals surface area contributed by atoms with Crippen molar-refractivity contribution in [2.75, 3.05) is 22.6 Å². The number of nitrogens with zero attached hydrogens (tertiary/aromatic N) is 2. The van der Waals surface area contributed by atoms with Crippen molar-refractivity contribution >= 4 is 41.0 Å². The van der Waals surface area contributed by atoms with Crippen molar-refractivity contribution < 1.29 is 14.4 Å². The number of hydrogen-bond acceptors (Lipinski definition) is 4. The maximum atomic E-state index is 12.9. The van der Waals surface area contributed by atoms with E-state index in [4.69, 9.17) is 0 Å². The van der Waals surface area contributed by atoms with Crippen LogP contribution in [0.2, 0.25) is 0 Å². The summed E-state index contributed by atoms with van der Waals surface area (Å²) in [6.07, 6.45) is 6.10. The lowest BCUT2D eigenvalue weighted by molar-refractivity contribution is -0.122. The smallest absolute Gasteiger partial charge is 0.248 e. The number of rotatable bonds is 3. The molecule has 0 bridgehead atoms. The van der Waals surface area contributed by atoms with Gasteiger partial charge in [0.25, 0.3) is 0 Å². The van der Waals surface area contributed by atoms with Gasteiger partial charge in [0.2, 0.25) is 17.7 Å². The van der Waals surface area contributed by atoms with E-state index in [2.05, 4.69) is 15.6 Å². The van der Waals surface area contributed by atoms with Crippen molar-refractivity contribution in [1.29, 1.82) is 0 Å². The molecule has 36 heavy (non-hydrogen) atoms. The standard InChI is InChI=1S/C29H26N4O3/c1-28(2)21-7-4-6-17(24(21)33(3)27(28)36)10-12-23(34)31-20-11-9-18-15-29(16-19(18)14-20)22-8-5-13-30-25(22)32-26(29)35/h4-14H,15-16H2,1-3H3,(H,31,34)(H,30,32,35). The maximum absolute atomic E-state index is 12.9. The molecular weight excluding hydrogens is 452 g/mol. The van der Waals surface area contributed by atoms with E-state index in [0.29, 0.717) is 24.3 Å². The zero-order valence-electron chi connectivity index (χ0n) is 20.4. The van der Waals surface area contributed by atoms with E-state index in [-0.39, 0.29) is 17.7 Å². The number of likely N-dealkylation sites (N-methyl/N-ethyl adjacent to an activating group) is 1. The second kappa shape index (κ2) is 7.62. The number of amides is 3. The van der Waals surface area contributed by atoms with Gasteiger partial charge < -0.3 is 15.5 Å². The molecule has 7 heteroatoms. The summed E-state index contributed by atoms with van der Waals surface area (Å²) >= 11 is 0. The fraction of sp³-hybridized carbons (Fsp3) is 0.241. The minimum atomic E-state index is -0.639. The number of hydrogen-bond donors (Lipinski definition) is 2. The van der Waals surface area contributed by atoms with Gasteiger partial charge in [0, 0.05) is 30.6 Å². The monoisotopic (exact) mass is 478 g/mol. The van der Waals surface area contributed by atoms with E-state index >= 15 is 0 Å². The Morgan fingerprint density at radius 3 is 2.67 bits per heavy atom. The summed E-state index contributed by atoms with van der Waals surface area (Å²) in [5.41, 5.74) is 5.14. The summed E-state index contributed by atoms with van der Waals surface area (Å²) in [6, 6.07) is 15.4. The minimum Gasteiger partial charge on any atom is -0.323 e. The van der Waals surface area contributed by atoms with Crippen LogP contribution in [0.1, 0.15) is 41.7 Å². The first-order valence-electron chi connectivity index (χ1n) is 12.0.